The van der Waals surface area contributed by atoms with Gasteiger partial charge in [0, 0.05) is 31.0 Å². The molecule has 0 aromatic carbocycles. The first-order chi connectivity index (χ1) is 9.72. The van der Waals surface area contributed by atoms with Gasteiger partial charge in [0.05, 0.1) is 12.5 Å². The van der Waals surface area contributed by atoms with Crippen molar-refractivity contribution in [3.63, 3.8) is 0 Å². The molecule has 0 aliphatic rings. The van der Waals surface area contributed by atoms with E-state index >= 15 is 0 Å². The zero-order valence-electron chi connectivity index (χ0n) is 11.1. The Labute approximate surface area is 122 Å². The fraction of sp³-hybridized carbons (Fsp3) is 0.286. The van der Waals surface area contributed by atoms with Crippen LogP contribution in [0.15, 0.2) is 30.9 Å². The number of nitriles is 1. The van der Waals surface area contributed by atoms with Gasteiger partial charge in [-0.2, -0.15) is 5.26 Å². The second-order valence-electron chi connectivity index (χ2n) is 4.30. The Morgan fingerprint density at radius 3 is 2.95 bits per heavy atom. The molecule has 0 radical (unpaired) electrons. The van der Waals surface area contributed by atoms with Crippen LogP contribution in [-0.4, -0.2) is 21.5 Å². The molecule has 102 valence electrons. The molecule has 0 aliphatic heterocycles. The zero-order valence-corrected chi connectivity index (χ0v) is 11.9. The highest BCUT2D eigenvalue weighted by molar-refractivity contribution is 6.30. The standard InChI is InChI=1S/C14H14ClN5/c1-11-13(15)18-10-19-14(11)20(7-3-5-16)9-12-4-2-6-17-8-12/h2,4,6,8,10H,3,7,9H2,1H3. The van der Waals surface area contributed by atoms with Gasteiger partial charge in [-0.1, -0.05) is 17.7 Å². The highest BCUT2D eigenvalue weighted by atomic mass is 35.5. The molecule has 2 rings (SSSR count). The number of nitrogens with zero attached hydrogens (tertiary/aromatic N) is 5. The number of rotatable bonds is 5. The lowest BCUT2D eigenvalue weighted by Gasteiger charge is -2.24. The van der Waals surface area contributed by atoms with Crippen LogP contribution in [-0.2, 0) is 6.54 Å². The summed E-state index contributed by atoms with van der Waals surface area (Å²) >= 11 is 6.04. The number of aromatic nitrogens is 3. The maximum Gasteiger partial charge on any atom is 0.137 e. The van der Waals surface area contributed by atoms with Crippen molar-refractivity contribution in [2.24, 2.45) is 0 Å². The molecule has 0 unspecified atom stereocenters. The third-order valence-corrected chi connectivity index (χ3v) is 3.27. The van der Waals surface area contributed by atoms with Crippen LogP contribution in [0.3, 0.4) is 0 Å². The predicted octanol–water partition coefficient (Wildman–Crippen LogP) is 2.75. The summed E-state index contributed by atoms with van der Waals surface area (Å²) in [6, 6.07) is 6.03. The molecule has 0 spiro atoms. The van der Waals surface area contributed by atoms with E-state index in [-0.39, 0.29) is 0 Å². The summed E-state index contributed by atoms with van der Waals surface area (Å²) in [5, 5.41) is 9.24. The van der Waals surface area contributed by atoms with Gasteiger partial charge in [0.1, 0.15) is 17.3 Å². The third kappa shape index (κ3) is 3.43. The molecule has 6 heteroatoms. The Morgan fingerprint density at radius 1 is 1.40 bits per heavy atom. The minimum Gasteiger partial charge on any atom is -0.351 e. The zero-order chi connectivity index (χ0) is 14.4. The number of hydrogen-bond acceptors (Lipinski definition) is 5. The Hall–Kier alpha value is -2.19. The third-order valence-electron chi connectivity index (χ3n) is 2.89. The highest BCUT2D eigenvalue weighted by Gasteiger charge is 2.14. The van der Waals surface area contributed by atoms with Crippen molar-refractivity contribution in [2.45, 2.75) is 19.9 Å². The van der Waals surface area contributed by atoms with Crippen LogP contribution in [0.2, 0.25) is 5.15 Å². The van der Waals surface area contributed by atoms with Crippen LogP contribution in [0.1, 0.15) is 17.5 Å². The van der Waals surface area contributed by atoms with Gasteiger partial charge in [0.15, 0.2) is 0 Å². The molecule has 2 aromatic heterocycles. The van der Waals surface area contributed by atoms with Crippen LogP contribution < -0.4 is 4.90 Å². The van der Waals surface area contributed by atoms with E-state index in [1.807, 2.05) is 24.0 Å². The van der Waals surface area contributed by atoms with Gasteiger partial charge < -0.3 is 4.90 Å². The summed E-state index contributed by atoms with van der Waals surface area (Å²) in [6.45, 7) is 3.09. The molecule has 0 saturated carbocycles. The first kappa shape index (κ1) is 14.2. The first-order valence-corrected chi connectivity index (χ1v) is 6.58. The number of pyridine rings is 1. The lowest BCUT2D eigenvalue weighted by atomic mass is 10.2. The molecule has 20 heavy (non-hydrogen) atoms. The van der Waals surface area contributed by atoms with Crippen LogP contribution in [0.4, 0.5) is 5.82 Å². The average molecular weight is 288 g/mol. The van der Waals surface area contributed by atoms with E-state index in [9.17, 15) is 0 Å². The lowest BCUT2D eigenvalue weighted by molar-refractivity contribution is 0.773. The molecular weight excluding hydrogens is 274 g/mol. The molecule has 0 N–H and O–H groups in total. The van der Waals surface area contributed by atoms with Crippen LogP contribution in [0.25, 0.3) is 0 Å². The van der Waals surface area contributed by atoms with E-state index in [0.717, 1.165) is 16.9 Å². The Morgan fingerprint density at radius 2 is 2.25 bits per heavy atom. The summed E-state index contributed by atoms with van der Waals surface area (Å²) in [4.78, 5) is 14.4. The van der Waals surface area contributed by atoms with Gasteiger partial charge >= 0.3 is 0 Å². The van der Waals surface area contributed by atoms with Gasteiger partial charge in [0.25, 0.3) is 0 Å². The fourth-order valence-corrected chi connectivity index (χ4v) is 2.02. The van der Waals surface area contributed by atoms with E-state index < -0.39 is 0 Å². The van der Waals surface area contributed by atoms with Gasteiger partial charge in [-0.3, -0.25) is 4.98 Å². The van der Waals surface area contributed by atoms with E-state index in [2.05, 4.69) is 21.0 Å². The SMILES string of the molecule is Cc1c(Cl)ncnc1N(CCC#N)Cc1cccnc1. The molecule has 0 saturated heterocycles. The summed E-state index contributed by atoms with van der Waals surface area (Å²) < 4.78 is 0. The summed E-state index contributed by atoms with van der Waals surface area (Å²) in [5.41, 5.74) is 1.87. The van der Waals surface area contributed by atoms with Crippen molar-refractivity contribution < 1.29 is 0 Å². The smallest absolute Gasteiger partial charge is 0.137 e. The van der Waals surface area contributed by atoms with Crippen molar-refractivity contribution >= 4 is 17.4 Å². The van der Waals surface area contributed by atoms with Crippen molar-refractivity contribution in [2.75, 3.05) is 11.4 Å². The molecular formula is C14H14ClN5. The van der Waals surface area contributed by atoms with Gasteiger partial charge in [-0.25, -0.2) is 9.97 Å². The van der Waals surface area contributed by atoms with Crippen LogP contribution in [0, 0.1) is 18.3 Å². The van der Waals surface area contributed by atoms with Crippen LogP contribution >= 0.6 is 11.6 Å². The van der Waals surface area contributed by atoms with Crippen molar-refractivity contribution in [3.8, 4) is 6.07 Å². The second kappa shape index (κ2) is 6.83. The van der Waals surface area contributed by atoms with E-state index in [1.165, 1.54) is 6.33 Å². The lowest BCUT2D eigenvalue weighted by Crippen LogP contribution is -2.25. The summed E-state index contributed by atoms with van der Waals surface area (Å²) in [6.07, 6.45) is 5.39. The van der Waals surface area contributed by atoms with Crippen molar-refractivity contribution in [1.29, 1.82) is 5.26 Å². The monoisotopic (exact) mass is 287 g/mol. The maximum absolute atomic E-state index is 8.80. The molecule has 0 aliphatic carbocycles. The van der Waals surface area contributed by atoms with Crippen molar-refractivity contribution in [1.82, 2.24) is 15.0 Å². The number of halogens is 1. The quantitative estimate of drug-likeness (QED) is 0.791. The first-order valence-electron chi connectivity index (χ1n) is 6.20. The normalized spacial score (nSPS) is 10.1. The summed E-state index contributed by atoms with van der Waals surface area (Å²) in [7, 11) is 0. The molecule has 5 nitrogen and oxygen atoms in total. The Bertz CT molecular complexity index is 609. The Balaban J connectivity index is 2.28. The van der Waals surface area contributed by atoms with Gasteiger partial charge in [-0.15, -0.1) is 0 Å². The molecule has 2 aromatic rings. The predicted molar refractivity (Wildman–Crippen MR) is 77.3 cm³/mol. The molecule has 2 heterocycles. The molecule has 0 atom stereocenters. The Kier molecular flexibility index (Phi) is 4.85. The average Bonchev–Trinajstić information content (AvgIpc) is 2.48. The van der Waals surface area contributed by atoms with Crippen molar-refractivity contribution in [3.05, 3.63) is 47.1 Å². The minimum absolute atomic E-state index is 0.418. The van der Waals surface area contributed by atoms with E-state index in [1.54, 1.807) is 12.4 Å². The number of anilines is 1. The highest BCUT2D eigenvalue weighted by Crippen LogP contribution is 2.23. The van der Waals surface area contributed by atoms with Gasteiger partial charge in [-0.05, 0) is 18.6 Å². The van der Waals surface area contributed by atoms with E-state index in [0.29, 0.717) is 24.7 Å². The van der Waals surface area contributed by atoms with Crippen LogP contribution in [0.5, 0.6) is 0 Å². The fourth-order valence-electron chi connectivity index (χ4n) is 1.90. The molecule has 0 amide bonds. The molecule has 0 fully saturated rings. The molecule has 0 bridgehead atoms. The van der Waals surface area contributed by atoms with Gasteiger partial charge in [0.2, 0.25) is 0 Å². The second-order valence-corrected chi connectivity index (χ2v) is 4.66. The topological polar surface area (TPSA) is 65.7 Å². The maximum atomic E-state index is 8.80. The number of hydrogen-bond donors (Lipinski definition) is 0. The van der Waals surface area contributed by atoms with E-state index in [4.69, 9.17) is 16.9 Å². The minimum atomic E-state index is 0.418. The summed E-state index contributed by atoms with van der Waals surface area (Å²) in [5.74, 6) is 0.754. The largest absolute Gasteiger partial charge is 0.351 e.